The van der Waals surface area contributed by atoms with Crippen molar-refractivity contribution in [1.82, 2.24) is 0 Å². The van der Waals surface area contributed by atoms with Gasteiger partial charge in [0.1, 0.15) is 5.82 Å². The van der Waals surface area contributed by atoms with Crippen LogP contribution in [0.2, 0.25) is 0 Å². The minimum absolute atomic E-state index is 0.300. The van der Waals surface area contributed by atoms with E-state index >= 15 is 0 Å². The average Bonchev–Trinajstić information content (AvgIpc) is 2.17. The van der Waals surface area contributed by atoms with Crippen molar-refractivity contribution in [2.45, 2.75) is 26.2 Å². The Hall–Kier alpha value is -0.650. The van der Waals surface area contributed by atoms with Crippen LogP contribution in [0.5, 0.6) is 0 Å². The van der Waals surface area contributed by atoms with E-state index in [1.807, 2.05) is 22.6 Å². The number of hydrogen-bond acceptors (Lipinski definition) is 2. The highest BCUT2D eigenvalue weighted by Crippen LogP contribution is 2.28. The molecule has 4 heteroatoms. The van der Waals surface area contributed by atoms with Gasteiger partial charge in [0.05, 0.1) is 12.0 Å². The van der Waals surface area contributed by atoms with Gasteiger partial charge in [-0.15, -0.1) is 0 Å². The molecule has 0 saturated heterocycles. The first-order chi connectivity index (χ1) is 7.39. The molecule has 0 amide bonds. The third kappa shape index (κ3) is 2.72. The molecule has 0 radical (unpaired) electrons. The van der Waals surface area contributed by atoms with Gasteiger partial charge in [-0.25, -0.2) is 4.39 Å². The van der Waals surface area contributed by atoms with Gasteiger partial charge in [-0.05, 0) is 55.5 Å². The second-order valence-corrected chi connectivity index (χ2v) is 5.22. The molecule has 1 aromatic carbocycles. The summed E-state index contributed by atoms with van der Waals surface area (Å²) in [5.74, 6) is -0.778. The summed E-state index contributed by atoms with van der Waals surface area (Å²) in [6, 6.07) is 4.82. The standard InChI is InChI=1S/C12H14FIO2/c1-4-16-11(15)12(2,3)9-6-5-8(14)7-10(9)13/h5-7H,4H2,1-3H3. The second kappa shape index (κ2) is 5.12. The van der Waals surface area contributed by atoms with Crippen molar-refractivity contribution >= 4 is 28.6 Å². The molecule has 0 unspecified atom stereocenters. The van der Waals surface area contributed by atoms with Crippen LogP contribution in [-0.2, 0) is 14.9 Å². The highest BCUT2D eigenvalue weighted by atomic mass is 127. The highest BCUT2D eigenvalue weighted by Gasteiger charge is 2.33. The minimum Gasteiger partial charge on any atom is -0.465 e. The minimum atomic E-state index is -0.954. The summed E-state index contributed by atoms with van der Waals surface area (Å²) in [7, 11) is 0. The first kappa shape index (κ1) is 13.4. The Morgan fingerprint density at radius 3 is 2.62 bits per heavy atom. The van der Waals surface area contributed by atoms with Crippen LogP contribution in [0.4, 0.5) is 4.39 Å². The van der Waals surface area contributed by atoms with Crippen molar-refractivity contribution in [1.29, 1.82) is 0 Å². The molecule has 0 atom stereocenters. The molecular formula is C12H14FIO2. The molecule has 0 fully saturated rings. The van der Waals surface area contributed by atoms with Crippen molar-refractivity contribution in [2.75, 3.05) is 6.61 Å². The molecule has 16 heavy (non-hydrogen) atoms. The summed E-state index contributed by atoms with van der Waals surface area (Å²) in [6.45, 7) is 5.36. The van der Waals surface area contributed by atoms with Crippen LogP contribution in [0.3, 0.4) is 0 Å². The van der Waals surface area contributed by atoms with E-state index < -0.39 is 11.4 Å². The Bertz CT molecular complexity index is 402. The Balaban J connectivity index is 3.11. The normalized spacial score (nSPS) is 11.3. The monoisotopic (exact) mass is 336 g/mol. The molecule has 0 bridgehead atoms. The Labute approximate surface area is 108 Å². The molecule has 1 aromatic rings. The summed E-state index contributed by atoms with van der Waals surface area (Å²) < 4.78 is 19.5. The van der Waals surface area contributed by atoms with Gasteiger partial charge in [-0.3, -0.25) is 4.79 Å². The fourth-order valence-electron chi connectivity index (χ4n) is 1.42. The number of carbonyl (C=O) groups excluding carboxylic acids is 1. The molecule has 88 valence electrons. The van der Waals surface area contributed by atoms with E-state index in [2.05, 4.69) is 0 Å². The van der Waals surface area contributed by atoms with Gasteiger partial charge in [0, 0.05) is 9.13 Å². The van der Waals surface area contributed by atoms with Gasteiger partial charge in [0.15, 0.2) is 0 Å². The molecule has 0 aliphatic carbocycles. The number of benzene rings is 1. The number of hydrogen-bond donors (Lipinski definition) is 0. The van der Waals surface area contributed by atoms with E-state index in [1.165, 1.54) is 6.07 Å². The fraction of sp³-hybridized carbons (Fsp3) is 0.417. The van der Waals surface area contributed by atoms with Crippen LogP contribution in [0, 0.1) is 9.39 Å². The lowest BCUT2D eigenvalue weighted by atomic mass is 9.84. The predicted octanol–water partition coefficient (Wildman–Crippen LogP) is 3.27. The topological polar surface area (TPSA) is 26.3 Å². The largest absolute Gasteiger partial charge is 0.465 e. The van der Waals surface area contributed by atoms with Crippen LogP contribution < -0.4 is 0 Å². The molecule has 0 aliphatic rings. The van der Waals surface area contributed by atoms with Gasteiger partial charge in [-0.1, -0.05) is 6.07 Å². The molecule has 2 nitrogen and oxygen atoms in total. The first-order valence-electron chi connectivity index (χ1n) is 5.02. The number of esters is 1. The third-order valence-corrected chi connectivity index (χ3v) is 3.06. The van der Waals surface area contributed by atoms with Crippen molar-refractivity contribution < 1.29 is 13.9 Å². The Morgan fingerprint density at radius 2 is 2.12 bits per heavy atom. The summed E-state index contributed by atoms with van der Waals surface area (Å²) in [4.78, 5) is 11.7. The lowest BCUT2D eigenvalue weighted by molar-refractivity contribution is -0.148. The summed E-state index contributed by atoms with van der Waals surface area (Å²) in [5.41, 5.74) is -0.587. The second-order valence-electron chi connectivity index (χ2n) is 3.97. The van der Waals surface area contributed by atoms with E-state index in [0.29, 0.717) is 12.2 Å². The quantitative estimate of drug-likeness (QED) is 0.626. The number of halogens is 2. The van der Waals surface area contributed by atoms with E-state index in [1.54, 1.807) is 32.9 Å². The molecule has 0 heterocycles. The zero-order chi connectivity index (χ0) is 12.3. The van der Waals surface area contributed by atoms with E-state index in [0.717, 1.165) is 3.57 Å². The van der Waals surface area contributed by atoms with E-state index in [4.69, 9.17) is 4.74 Å². The van der Waals surface area contributed by atoms with Crippen LogP contribution >= 0.6 is 22.6 Å². The maximum Gasteiger partial charge on any atom is 0.316 e. The van der Waals surface area contributed by atoms with Gasteiger partial charge in [0.25, 0.3) is 0 Å². The van der Waals surface area contributed by atoms with Crippen molar-refractivity contribution in [2.24, 2.45) is 0 Å². The maximum atomic E-state index is 13.7. The van der Waals surface area contributed by atoms with Gasteiger partial charge in [0.2, 0.25) is 0 Å². The highest BCUT2D eigenvalue weighted by molar-refractivity contribution is 14.1. The molecular weight excluding hydrogens is 322 g/mol. The van der Waals surface area contributed by atoms with Gasteiger partial charge in [-0.2, -0.15) is 0 Å². The van der Waals surface area contributed by atoms with E-state index in [-0.39, 0.29) is 5.82 Å². The maximum absolute atomic E-state index is 13.7. The van der Waals surface area contributed by atoms with Crippen LogP contribution in [0.1, 0.15) is 26.3 Å². The SMILES string of the molecule is CCOC(=O)C(C)(C)c1ccc(I)cc1F. The summed E-state index contributed by atoms with van der Waals surface area (Å²) in [6.07, 6.45) is 0. The van der Waals surface area contributed by atoms with E-state index in [9.17, 15) is 9.18 Å². The molecule has 0 aromatic heterocycles. The molecule has 0 N–H and O–H groups in total. The predicted molar refractivity (Wildman–Crippen MR) is 68.8 cm³/mol. The lowest BCUT2D eigenvalue weighted by Gasteiger charge is -2.23. The molecule has 1 rings (SSSR count). The lowest BCUT2D eigenvalue weighted by Crippen LogP contribution is -2.32. The van der Waals surface area contributed by atoms with Gasteiger partial charge < -0.3 is 4.74 Å². The Morgan fingerprint density at radius 1 is 1.50 bits per heavy atom. The molecule has 0 spiro atoms. The van der Waals surface area contributed by atoms with Crippen molar-refractivity contribution in [3.05, 3.63) is 33.1 Å². The van der Waals surface area contributed by atoms with Crippen LogP contribution in [-0.4, -0.2) is 12.6 Å². The third-order valence-electron chi connectivity index (χ3n) is 2.39. The first-order valence-corrected chi connectivity index (χ1v) is 6.10. The Kier molecular flexibility index (Phi) is 4.29. The van der Waals surface area contributed by atoms with Gasteiger partial charge >= 0.3 is 5.97 Å². The van der Waals surface area contributed by atoms with Crippen molar-refractivity contribution in [3.8, 4) is 0 Å². The summed E-state index contributed by atoms with van der Waals surface area (Å²) >= 11 is 2.03. The zero-order valence-corrected chi connectivity index (χ0v) is 11.7. The van der Waals surface area contributed by atoms with Crippen molar-refractivity contribution in [3.63, 3.8) is 0 Å². The smallest absolute Gasteiger partial charge is 0.316 e. The molecule has 0 aliphatic heterocycles. The fourth-order valence-corrected chi connectivity index (χ4v) is 1.87. The number of rotatable bonds is 3. The van der Waals surface area contributed by atoms with Crippen LogP contribution in [0.15, 0.2) is 18.2 Å². The number of carbonyl (C=O) groups is 1. The van der Waals surface area contributed by atoms with Crippen LogP contribution in [0.25, 0.3) is 0 Å². The summed E-state index contributed by atoms with van der Waals surface area (Å²) in [5, 5.41) is 0. The molecule has 0 saturated carbocycles. The zero-order valence-electron chi connectivity index (χ0n) is 9.51. The average molecular weight is 336 g/mol. The number of ether oxygens (including phenoxy) is 1.